The van der Waals surface area contributed by atoms with Gasteiger partial charge >= 0.3 is 0 Å². The lowest BCUT2D eigenvalue weighted by Gasteiger charge is -2.39. The Morgan fingerprint density at radius 2 is 2.18 bits per heavy atom. The maximum absolute atomic E-state index is 6.11. The summed E-state index contributed by atoms with van der Waals surface area (Å²) in [7, 11) is 0. The van der Waals surface area contributed by atoms with Crippen molar-refractivity contribution in [1.82, 2.24) is 5.32 Å². The third kappa shape index (κ3) is 5.57. The molecule has 1 fully saturated rings. The smallest absolute Gasteiger partial charge is 0.0675 e. The lowest BCUT2D eigenvalue weighted by atomic mass is 9.71. The number of nitrogens with one attached hydrogen (secondary N) is 1. The molecule has 0 spiro atoms. The molecule has 0 heterocycles. The van der Waals surface area contributed by atoms with Gasteiger partial charge in [0.05, 0.1) is 18.8 Å². The lowest BCUT2D eigenvalue weighted by molar-refractivity contribution is -0.0573. The third-order valence-electron chi connectivity index (χ3n) is 3.43. The summed E-state index contributed by atoms with van der Waals surface area (Å²) in [5, 5.41) is 3.20. The van der Waals surface area contributed by atoms with E-state index in [4.69, 9.17) is 11.2 Å². The van der Waals surface area contributed by atoms with Crippen LogP contribution in [-0.2, 0) is 4.74 Å². The van der Waals surface area contributed by atoms with Crippen LogP contribution in [0, 0.1) is 23.7 Å². The van der Waals surface area contributed by atoms with E-state index < -0.39 is 0 Å². The molecule has 2 nitrogen and oxygen atoms in total. The average Bonchev–Trinajstić information content (AvgIpc) is 2.14. The Morgan fingerprint density at radius 3 is 2.76 bits per heavy atom. The molecule has 1 aliphatic carbocycles. The second kappa shape index (κ2) is 6.42. The Kier molecular flexibility index (Phi) is 5.49. The quantitative estimate of drug-likeness (QED) is 0.586. The predicted octanol–water partition coefficient (Wildman–Crippen LogP) is 2.83. The second-order valence-corrected chi connectivity index (χ2v) is 6.32. The molecular formula is C15H27NO. The summed E-state index contributed by atoms with van der Waals surface area (Å²) in [6.07, 6.45) is 9.55. The molecule has 0 amide bonds. The highest BCUT2D eigenvalue weighted by molar-refractivity contribution is 4.87. The largest absolute Gasteiger partial charge is 0.374 e. The third-order valence-corrected chi connectivity index (χ3v) is 3.43. The monoisotopic (exact) mass is 237 g/mol. The van der Waals surface area contributed by atoms with Crippen LogP contribution in [0.1, 0.15) is 47.0 Å². The summed E-state index contributed by atoms with van der Waals surface area (Å²) in [6, 6.07) is 0. The number of rotatable bonds is 5. The summed E-state index contributed by atoms with van der Waals surface area (Å²) in [5.74, 6) is 3.35. The van der Waals surface area contributed by atoms with Gasteiger partial charge in [-0.15, -0.1) is 6.42 Å². The standard InChI is InChI=1S/C15H27NO/c1-6-7-16-11-13(3)17-14-8-12(2)9-15(4,5)10-14/h1,12-14,16H,7-11H2,2-5H3. The van der Waals surface area contributed by atoms with E-state index in [9.17, 15) is 0 Å². The van der Waals surface area contributed by atoms with Crippen molar-refractivity contribution in [3.63, 3.8) is 0 Å². The summed E-state index contributed by atoms with van der Waals surface area (Å²) < 4.78 is 6.11. The van der Waals surface area contributed by atoms with Crippen LogP contribution in [0.15, 0.2) is 0 Å². The second-order valence-electron chi connectivity index (χ2n) is 6.32. The minimum Gasteiger partial charge on any atom is -0.374 e. The van der Waals surface area contributed by atoms with Crippen LogP contribution in [0.2, 0.25) is 0 Å². The zero-order valence-corrected chi connectivity index (χ0v) is 11.8. The molecule has 0 aromatic rings. The zero-order valence-electron chi connectivity index (χ0n) is 11.8. The highest BCUT2D eigenvalue weighted by Gasteiger charge is 2.33. The summed E-state index contributed by atoms with van der Waals surface area (Å²) in [4.78, 5) is 0. The Labute approximate surface area is 107 Å². The van der Waals surface area contributed by atoms with Crippen molar-refractivity contribution in [2.45, 2.75) is 59.2 Å². The molecule has 0 bridgehead atoms. The predicted molar refractivity (Wildman–Crippen MR) is 72.8 cm³/mol. The molecule has 3 unspecified atom stereocenters. The molecule has 0 saturated heterocycles. The van der Waals surface area contributed by atoms with Gasteiger partial charge < -0.3 is 10.1 Å². The molecule has 1 rings (SSSR count). The molecule has 1 saturated carbocycles. The van der Waals surface area contributed by atoms with Crippen molar-refractivity contribution in [1.29, 1.82) is 0 Å². The normalized spacial score (nSPS) is 29.6. The van der Waals surface area contributed by atoms with Gasteiger partial charge in [0.25, 0.3) is 0 Å². The fourth-order valence-corrected chi connectivity index (χ4v) is 3.09. The van der Waals surface area contributed by atoms with Gasteiger partial charge in [0.15, 0.2) is 0 Å². The SMILES string of the molecule is C#CCNCC(C)OC1CC(C)CC(C)(C)C1. The zero-order chi connectivity index (χ0) is 12.9. The van der Waals surface area contributed by atoms with Crippen LogP contribution in [-0.4, -0.2) is 25.3 Å². The van der Waals surface area contributed by atoms with Crippen molar-refractivity contribution in [2.24, 2.45) is 11.3 Å². The maximum Gasteiger partial charge on any atom is 0.0675 e. The first-order valence-corrected chi connectivity index (χ1v) is 6.72. The van der Waals surface area contributed by atoms with E-state index in [0.717, 1.165) is 12.5 Å². The van der Waals surface area contributed by atoms with Crippen molar-refractivity contribution in [3.05, 3.63) is 0 Å². The molecule has 1 aliphatic rings. The van der Waals surface area contributed by atoms with Gasteiger partial charge in [0.1, 0.15) is 0 Å². The summed E-state index contributed by atoms with van der Waals surface area (Å²) >= 11 is 0. The van der Waals surface area contributed by atoms with Crippen LogP contribution in [0.3, 0.4) is 0 Å². The molecule has 0 aromatic heterocycles. The first-order valence-electron chi connectivity index (χ1n) is 6.72. The van der Waals surface area contributed by atoms with Gasteiger partial charge in [-0.1, -0.05) is 26.7 Å². The van der Waals surface area contributed by atoms with Crippen LogP contribution in [0.4, 0.5) is 0 Å². The number of terminal acetylenes is 1. The van der Waals surface area contributed by atoms with Crippen LogP contribution < -0.4 is 5.32 Å². The number of hydrogen-bond donors (Lipinski definition) is 1. The minimum atomic E-state index is 0.245. The fraction of sp³-hybridized carbons (Fsp3) is 0.867. The minimum absolute atomic E-state index is 0.245. The van der Waals surface area contributed by atoms with E-state index >= 15 is 0 Å². The van der Waals surface area contributed by atoms with E-state index in [1.54, 1.807) is 0 Å². The van der Waals surface area contributed by atoms with Gasteiger partial charge in [-0.25, -0.2) is 0 Å². The van der Waals surface area contributed by atoms with Gasteiger partial charge in [0.2, 0.25) is 0 Å². The Hall–Kier alpha value is -0.520. The molecule has 0 aromatic carbocycles. The van der Waals surface area contributed by atoms with Crippen molar-refractivity contribution >= 4 is 0 Å². The summed E-state index contributed by atoms with van der Waals surface area (Å²) in [5.41, 5.74) is 0.425. The molecule has 1 N–H and O–H groups in total. The van der Waals surface area contributed by atoms with E-state index in [0.29, 0.717) is 18.1 Å². The number of ether oxygens (including phenoxy) is 1. The molecule has 0 aliphatic heterocycles. The molecule has 17 heavy (non-hydrogen) atoms. The Balaban J connectivity index is 2.33. The van der Waals surface area contributed by atoms with Crippen molar-refractivity contribution < 1.29 is 4.74 Å². The average molecular weight is 237 g/mol. The van der Waals surface area contributed by atoms with Gasteiger partial charge in [0, 0.05) is 6.54 Å². The fourth-order valence-electron chi connectivity index (χ4n) is 3.09. The number of hydrogen-bond acceptors (Lipinski definition) is 2. The first kappa shape index (κ1) is 14.5. The highest BCUT2D eigenvalue weighted by atomic mass is 16.5. The molecular weight excluding hydrogens is 210 g/mol. The van der Waals surface area contributed by atoms with Crippen molar-refractivity contribution in [2.75, 3.05) is 13.1 Å². The topological polar surface area (TPSA) is 21.3 Å². The summed E-state index contributed by atoms with van der Waals surface area (Å²) in [6.45, 7) is 10.6. The van der Waals surface area contributed by atoms with Gasteiger partial charge in [-0.2, -0.15) is 0 Å². The Morgan fingerprint density at radius 1 is 1.47 bits per heavy atom. The Bertz CT molecular complexity index is 267. The molecule has 3 atom stereocenters. The van der Waals surface area contributed by atoms with E-state index in [-0.39, 0.29) is 6.10 Å². The van der Waals surface area contributed by atoms with Crippen LogP contribution in [0.25, 0.3) is 0 Å². The van der Waals surface area contributed by atoms with Crippen LogP contribution >= 0.6 is 0 Å². The van der Waals surface area contributed by atoms with Gasteiger partial charge in [-0.3, -0.25) is 0 Å². The highest BCUT2D eigenvalue weighted by Crippen LogP contribution is 2.39. The van der Waals surface area contributed by atoms with E-state index in [1.807, 2.05) is 0 Å². The first-order chi connectivity index (χ1) is 7.93. The van der Waals surface area contributed by atoms with Crippen molar-refractivity contribution in [3.8, 4) is 12.3 Å². The van der Waals surface area contributed by atoms with E-state index in [1.165, 1.54) is 19.3 Å². The molecule has 98 valence electrons. The van der Waals surface area contributed by atoms with Crippen LogP contribution in [0.5, 0.6) is 0 Å². The van der Waals surface area contributed by atoms with Gasteiger partial charge in [-0.05, 0) is 37.5 Å². The lowest BCUT2D eigenvalue weighted by Crippen LogP contribution is -2.37. The molecule has 2 heteroatoms. The molecule has 0 radical (unpaired) electrons. The maximum atomic E-state index is 6.11. The van der Waals surface area contributed by atoms with E-state index in [2.05, 4.69) is 38.9 Å².